The highest BCUT2D eigenvalue weighted by Gasteiger charge is 2.10. The highest BCUT2D eigenvalue weighted by atomic mass is 19.1. The highest BCUT2D eigenvalue weighted by molar-refractivity contribution is 5.34. The molecule has 0 aliphatic carbocycles. The zero-order chi connectivity index (χ0) is 10.6. The second-order valence-corrected chi connectivity index (χ2v) is 2.57. The Balaban J connectivity index is 2.76. The third kappa shape index (κ3) is 2.42. The van der Waals surface area contributed by atoms with Crippen molar-refractivity contribution in [3.63, 3.8) is 0 Å². The number of anilines is 1. The van der Waals surface area contributed by atoms with Crippen molar-refractivity contribution in [3.05, 3.63) is 30.4 Å². The molecule has 76 valence electrons. The van der Waals surface area contributed by atoms with Gasteiger partial charge in [-0.15, -0.1) is 6.58 Å². The first kappa shape index (κ1) is 10.4. The van der Waals surface area contributed by atoms with Gasteiger partial charge in [-0.05, 0) is 6.42 Å². The maximum absolute atomic E-state index is 12.9. The summed E-state index contributed by atoms with van der Waals surface area (Å²) in [5, 5.41) is 0. The number of nitrogens with zero attached hydrogens (tertiary/aromatic N) is 1. The summed E-state index contributed by atoms with van der Waals surface area (Å²) < 4.78 is 30.5. The van der Waals surface area contributed by atoms with Crippen LogP contribution in [0.5, 0.6) is 5.88 Å². The third-order valence-electron chi connectivity index (χ3n) is 1.49. The fourth-order valence-electron chi connectivity index (χ4n) is 0.803. The molecule has 5 heteroatoms. The number of pyridine rings is 1. The van der Waals surface area contributed by atoms with Crippen LogP contribution in [0.25, 0.3) is 0 Å². The molecule has 0 bridgehead atoms. The second kappa shape index (κ2) is 4.55. The largest absolute Gasteiger partial charge is 0.475 e. The van der Waals surface area contributed by atoms with Crippen molar-refractivity contribution in [2.24, 2.45) is 0 Å². The molecule has 14 heavy (non-hydrogen) atoms. The van der Waals surface area contributed by atoms with Crippen LogP contribution < -0.4 is 10.5 Å². The molecule has 0 saturated carbocycles. The van der Waals surface area contributed by atoms with Gasteiger partial charge in [0.15, 0.2) is 17.5 Å². The molecule has 0 spiro atoms. The molecule has 2 N–H and O–H groups in total. The number of nitrogen functional groups attached to an aromatic ring is 1. The molecule has 1 rings (SSSR count). The van der Waals surface area contributed by atoms with Crippen molar-refractivity contribution in [2.75, 3.05) is 12.3 Å². The van der Waals surface area contributed by atoms with Crippen molar-refractivity contribution in [1.29, 1.82) is 0 Å². The molecule has 0 aliphatic rings. The SMILES string of the molecule is C=CCCOc1nc(N)c(F)cc1F. The second-order valence-electron chi connectivity index (χ2n) is 2.57. The Morgan fingerprint density at radius 2 is 2.21 bits per heavy atom. The Labute approximate surface area is 80.2 Å². The summed E-state index contributed by atoms with van der Waals surface area (Å²) in [5.74, 6) is -2.41. The number of hydrogen-bond acceptors (Lipinski definition) is 3. The molecule has 0 saturated heterocycles. The minimum Gasteiger partial charge on any atom is -0.475 e. The Hall–Kier alpha value is -1.65. The topological polar surface area (TPSA) is 48.1 Å². The number of ether oxygens (including phenoxy) is 1. The Morgan fingerprint density at radius 1 is 1.50 bits per heavy atom. The normalized spacial score (nSPS) is 9.86. The first-order chi connectivity index (χ1) is 6.65. The standard InChI is InChI=1S/C9H10F2N2O/c1-2-3-4-14-9-7(11)5-6(10)8(12)13-9/h2,5H,1,3-4H2,(H2,12,13). The Kier molecular flexibility index (Phi) is 3.39. The van der Waals surface area contributed by atoms with E-state index in [-0.39, 0.29) is 18.3 Å². The summed E-state index contributed by atoms with van der Waals surface area (Å²) in [5.41, 5.74) is 5.14. The van der Waals surface area contributed by atoms with Crippen molar-refractivity contribution in [1.82, 2.24) is 4.98 Å². The highest BCUT2D eigenvalue weighted by Crippen LogP contribution is 2.18. The molecule has 0 atom stereocenters. The number of halogens is 2. The predicted octanol–water partition coefficient (Wildman–Crippen LogP) is 1.90. The summed E-state index contributed by atoms with van der Waals surface area (Å²) in [7, 11) is 0. The van der Waals surface area contributed by atoms with Gasteiger partial charge in [-0.3, -0.25) is 0 Å². The monoisotopic (exact) mass is 200 g/mol. The van der Waals surface area contributed by atoms with E-state index in [2.05, 4.69) is 11.6 Å². The molecule has 0 fully saturated rings. The predicted molar refractivity (Wildman–Crippen MR) is 48.9 cm³/mol. The summed E-state index contributed by atoms with van der Waals surface area (Å²) in [6.07, 6.45) is 2.17. The van der Waals surface area contributed by atoms with Gasteiger partial charge < -0.3 is 10.5 Å². The molecule has 0 aromatic carbocycles. The van der Waals surface area contributed by atoms with E-state index in [1.165, 1.54) is 0 Å². The Morgan fingerprint density at radius 3 is 2.86 bits per heavy atom. The fourth-order valence-corrected chi connectivity index (χ4v) is 0.803. The van der Waals surface area contributed by atoms with Crippen LogP contribution in [0, 0.1) is 11.6 Å². The molecule has 0 amide bonds. The minimum absolute atomic E-state index is 0.235. The van der Waals surface area contributed by atoms with E-state index < -0.39 is 11.6 Å². The molecular formula is C9H10F2N2O. The maximum Gasteiger partial charge on any atom is 0.252 e. The fraction of sp³-hybridized carbons (Fsp3) is 0.222. The lowest BCUT2D eigenvalue weighted by Crippen LogP contribution is -2.04. The minimum atomic E-state index is -0.890. The van der Waals surface area contributed by atoms with Gasteiger partial charge in [0.1, 0.15) is 0 Å². The lowest BCUT2D eigenvalue weighted by molar-refractivity contribution is 0.293. The van der Waals surface area contributed by atoms with Crippen molar-refractivity contribution in [2.45, 2.75) is 6.42 Å². The average molecular weight is 200 g/mol. The first-order valence-electron chi connectivity index (χ1n) is 4.00. The van der Waals surface area contributed by atoms with Gasteiger partial charge in [-0.25, -0.2) is 8.78 Å². The first-order valence-corrected chi connectivity index (χ1v) is 4.00. The summed E-state index contributed by atoms with van der Waals surface area (Å²) in [6, 6.07) is 0.644. The smallest absolute Gasteiger partial charge is 0.252 e. The molecule has 1 aromatic rings. The molecule has 0 radical (unpaired) electrons. The van der Waals surface area contributed by atoms with Crippen LogP contribution in [0.2, 0.25) is 0 Å². The van der Waals surface area contributed by atoms with E-state index in [0.29, 0.717) is 12.5 Å². The molecule has 1 aromatic heterocycles. The number of hydrogen-bond donors (Lipinski definition) is 1. The van der Waals surface area contributed by atoms with E-state index in [9.17, 15) is 8.78 Å². The van der Waals surface area contributed by atoms with Crippen molar-refractivity contribution < 1.29 is 13.5 Å². The zero-order valence-corrected chi connectivity index (χ0v) is 7.46. The van der Waals surface area contributed by atoms with Crippen LogP contribution in [0.3, 0.4) is 0 Å². The van der Waals surface area contributed by atoms with Gasteiger partial charge in [0.2, 0.25) is 0 Å². The Bertz CT molecular complexity index is 342. The van der Waals surface area contributed by atoms with Gasteiger partial charge in [-0.2, -0.15) is 4.98 Å². The lowest BCUT2D eigenvalue weighted by Gasteiger charge is -2.05. The molecular weight excluding hydrogens is 190 g/mol. The van der Waals surface area contributed by atoms with Gasteiger partial charge in [0, 0.05) is 6.07 Å². The zero-order valence-electron chi connectivity index (χ0n) is 7.46. The summed E-state index contributed by atoms with van der Waals surface area (Å²) in [6.45, 7) is 3.70. The van der Waals surface area contributed by atoms with E-state index in [4.69, 9.17) is 10.5 Å². The maximum atomic E-state index is 12.9. The quantitative estimate of drug-likeness (QED) is 0.596. The number of rotatable bonds is 4. The summed E-state index contributed by atoms with van der Waals surface area (Å²) in [4.78, 5) is 3.42. The summed E-state index contributed by atoms with van der Waals surface area (Å²) >= 11 is 0. The van der Waals surface area contributed by atoms with Crippen LogP contribution >= 0.6 is 0 Å². The van der Waals surface area contributed by atoms with Crippen LogP contribution in [0.4, 0.5) is 14.6 Å². The molecule has 1 heterocycles. The van der Waals surface area contributed by atoms with Gasteiger partial charge in [0.25, 0.3) is 5.88 Å². The van der Waals surface area contributed by atoms with Gasteiger partial charge in [-0.1, -0.05) is 6.08 Å². The lowest BCUT2D eigenvalue weighted by atomic mass is 10.4. The van der Waals surface area contributed by atoms with E-state index in [1.807, 2.05) is 0 Å². The molecule has 0 aliphatic heterocycles. The van der Waals surface area contributed by atoms with Crippen molar-refractivity contribution >= 4 is 5.82 Å². The van der Waals surface area contributed by atoms with Gasteiger partial charge >= 0.3 is 0 Å². The van der Waals surface area contributed by atoms with Crippen LogP contribution in [0.15, 0.2) is 18.7 Å². The van der Waals surface area contributed by atoms with E-state index in [0.717, 1.165) is 0 Å². The number of nitrogens with two attached hydrogens (primary N) is 1. The molecule has 3 nitrogen and oxygen atoms in total. The third-order valence-corrected chi connectivity index (χ3v) is 1.49. The van der Waals surface area contributed by atoms with E-state index >= 15 is 0 Å². The molecule has 0 unspecified atom stereocenters. The van der Waals surface area contributed by atoms with E-state index in [1.54, 1.807) is 6.08 Å². The van der Waals surface area contributed by atoms with Crippen LogP contribution in [-0.4, -0.2) is 11.6 Å². The van der Waals surface area contributed by atoms with Crippen molar-refractivity contribution in [3.8, 4) is 5.88 Å². The van der Waals surface area contributed by atoms with Gasteiger partial charge in [0.05, 0.1) is 6.61 Å². The average Bonchev–Trinajstić information content (AvgIpc) is 2.14. The van der Waals surface area contributed by atoms with Crippen LogP contribution in [-0.2, 0) is 0 Å². The van der Waals surface area contributed by atoms with Crippen LogP contribution in [0.1, 0.15) is 6.42 Å². The number of aromatic nitrogens is 1.